The predicted molar refractivity (Wildman–Crippen MR) is 93.7 cm³/mol. The van der Waals surface area contributed by atoms with Crippen molar-refractivity contribution < 1.29 is 14.0 Å². The summed E-state index contributed by atoms with van der Waals surface area (Å²) in [6.07, 6.45) is 1.82. The minimum absolute atomic E-state index is 0.0171. The summed E-state index contributed by atoms with van der Waals surface area (Å²) in [6, 6.07) is 11.5. The molecule has 0 aliphatic carbocycles. The molecule has 3 aromatic rings. The zero-order valence-electron chi connectivity index (χ0n) is 13.5. The number of nitrogens with zero attached hydrogens (tertiary/aromatic N) is 2. The number of carbonyl (C=O) groups excluding carboxylic acids is 2. The lowest BCUT2D eigenvalue weighted by atomic mass is 10.1. The number of fused-ring (bicyclic) bond motifs is 1. The monoisotopic (exact) mass is 355 g/mol. The van der Waals surface area contributed by atoms with E-state index in [-0.39, 0.29) is 24.2 Å². The minimum atomic E-state index is -0.322. The van der Waals surface area contributed by atoms with Gasteiger partial charge in [0.05, 0.1) is 35.5 Å². The maximum Gasteiger partial charge on any atom is 0.225 e. The molecule has 6 nitrogen and oxygen atoms in total. The second-order valence-corrected chi connectivity index (χ2v) is 7.16. The number of likely N-dealkylation sites (tertiary alicyclic amines) is 1. The number of hydrogen-bond donors (Lipinski definition) is 1. The molecule has 1 aliphatic heterocycles. The fourth-order valence-corrected chi connectivity index (χ4v) is 3.90. The van der Waals surface area contributed by atoms with Crippen LogP contribution in [-0.4, -0.2) is 28.2 Å². The molecule has 0 spiro atoms. The Hall–Kier alpha value is -2.67. The summed E-state index contributed by atoms with van der Waals surface area (Å²) in [5.74, 6) is 0.284. The number of thiazole rings is 1. The molecule has 1 aromatic carbocycles. The maximum atomic E-state index is 12.4. The van der Waals surface area contributed by atoms with E-state index in [1.807, 2.05) is 30.3 Å². The van der Waals surface area contributed by atoms with E-state index < -0.39 is 0 Å². The summed E-state index contributed by atoms with van der Waals surface area (Å²) < 4.78 is 6.38. The molecule has 25 heavy (non-hydrogen) atoms. The van der Waals surface area contributed by atoms with Crippen LogP contribution in [0.1, 0.15) is 17.2 Å². The minimum Gasteiger partial charge on any atom is -0.467 e. The Balaban J connectivity index is 1.34. The van der Waals surface area contributed by atoms with Gasteiger partial charge in [-0.1, -0.05) is 12.1 Å². The third-order valence-electron chi connectivity index (χ3n) is 4.26. The van der Waals surface area contributed by atoms with Gasteiger partial charge in [-0.05, 0) is 24.3 Å². The molecule has 4 rings (SSSR count). The third kappa shape index (κ3) is 3.41. The Morgan fingerprint density at radius 1 is 1.32 bits per heavy atom. The van der Waals surface area contributed by atoms with Crippen LogP contribution in [-0.2, 0) is 22.7 Å². The summed E-state index contributed by atoms with van der Waals surface area (Å²) in [5, 5.41) is 3.78. The first kappa shape index (κ1) is 15.8. The van der Waals surface area contributed by atoms with Crippen LogP contribution >= 0.6 is 11.3 Å². The van der Waals surface area contributed by atoms with Crippen molar-refractivity contribution in [3.63, 3.8) is 0 Å². The molecule has 1 aliphatic rings. The molecular formula is C18H17N3O3S. The molecule has 1 atom stereocenters. The van der Waals surface area contributed by atoms with Crippen LogP contribution in [0.25, 0.3) is 10.2 Å². The van der Waals surface area contributed by atoms with Gasteiger partial charge in [-0.3, -0.25) is 9.59 Å². The Morgan fingerprint density at radius 3 is 3.00 bits per heavy atom. The Kier molecular flexibility index (Phi) is 4.23. The number of furan rings is 1. The largest absolute Gasteiger partial charge is 0.467 e. The number of aromatic nitrogens is 1. The van der Waals surface area contributed by atoms with Crippen molar-refractivity contribution in [3.05, 3.63) is 53.4 Å². The summed E-state index contributed by atoms with van der Waals surface area (Å²) >= 11 is 1.57. The highest BCUT2D eigenvalue weighted by molar-refractivity contribution is 7.18. The number of nitrogens with one attached hydrogen (secondary N) is 1. The van der Waals surface area contributed by atoms with Crippen molar-refractivity contribution in [2.75, 3.05) is 6.54 Å². The molecule has 3 heterocycles. The molecule has 0 unspecified atom stereocenters. The summed E-state index contributed by atoms with van der Waals surface area (Å²) in [5.41, 5.74) is 0.942. The van der Waals surface area contributed by atoms with E-state index in [1.165, 1.54) is 0 Å². The van der Waals surface area contributed by atoms with Crippen LogP contribution in [0.4, 0.5) is 0 Å². The van der Waals surface area contributed by atoms with E-state index >= 15 is 0 Å². The van der Waals surface area contributed by atoms with Crippen molar-refractivity contribution in [1.82, 2.24) is 15.2 Å². The first-order valence-electron chi connectivity index (χ1n) is 8.11. The predicted octanol–water partition coefficient (Wildman–Crippen LogP) is 2.55. The molecule has 0 saturated carbocycles. The van der Waals surface area contributed by atoms with Gasteiger partial charge < -0.3 is 14.6 Å². The standard InChI is InChI=1S/C18H17N3O3S/c22-17-8-12(10-21(17)11-13-4-3-7-24-13)18(23)19-9-16-20-14-5-1-2-6-15(14)25-16/h1-7,12H,8-11H2,(H,19,23)/t12-/m0/s1. The molecule has 2 aromatic heterocycles. The van der Waals surface area contributed by atoms with Crippen molar-refractivity contribution >= 4 is 33.4 Å². The molecule has 1 fully saturated rings. The van der Waals surface area contributed by atoms with Crippen LogP contribution in [0, 0.1) is 5.92 Å². The summed E-state index contributed by atoms with van der Waals surface area (Å²) in [7, 11) is 0. The van der Waals surface area contributed by atoms with Crippen molar-refractivity contribution in [3.8, 4) is 0 Å². The highest BCUT2D eigenvalue weighted by Gasteiger charge is 2.34. The molecule has 7 heteroatoms. The van der Waals surface area contributed by atoms with Gasteiger partial charge in [0.2, 0.25) is 11.8 Å². The maximum absolute atomic E-state index is 12.4. The number of rotatable bonds is 5. The van der Waals surface area contributed by atoms with Crippen molar-refractivity contribution in [1.29, 1.82) is 0 Å². The first-order valence-corrected chi connectivity index (χ1v) is 8.93. The average Bonchev–Trinajstić information content (AvgIpc) is 3.33. The molecule has 1 N–H and O–H groups in total. The SMILES string of the molecule is O=C(NCc1nc2ccccc2s1)[C@H]1CC(=O)N(Cc2ccco2)C1. The van der Waals surface area contributed by atoms with Gasteiger partial charge >= 0.3 is 0 Å². The Labute approximate surface area is 148 Å². The lowest BCUT2D eigenvalue weighted by molar-refractivity contribution is -0.129. The molecule has 1 saturated heterocycles. The van der Waals surface area contributed by atoms with E-state index in [2.05, 4.69) is 10.3 Å². The van der Waals surface area contributed by atoms with Crippen LogP contribution < -0.4 is 5.32 Å². The third-order valence-corrected chi connectivity index (χ3v) is 5.30. The molecule has 128 valence electrons. The average molecular weight is 355 g/mol. The van der Waals surface area contributed by atoms with E-state index in [0.29, 0.717) is 19.6 Å². The van der Waals surface area contributed by atoms with Gasteiger partial charge in [-0.2, -0.15) is 0 Å². The molecular weight excluding hydrogens is 338 g/mol. The highest BCUT2D eigenvalue weighted by atomic mass is 32.1. The molecule has 2 amide bonds. The highest BCUT2D eigenvalue weighted by Crippen LogP contribution is 2.23. The quantitative estimate of drug-likeness (QED) is 0.763. The van der Waals surface area contributed by atoms with Crippen molar-refractivity contribution in [2.24, 2.45) is 5.92 Å². The van der Waals surface area contributed by atoms with E-state index in [4.69, 9.17) is 4.42 Å². The normalized spacial score (nSPS) is 17.4. The first-order chi connectivity index (χ1) is 12.2. The van der Waals surface area contributed by atoms with Crippen LogP contribution in [0.3, 0.4) is 0 Å². The summed E-state index contributed by atoms with van der Waals surface area (Å²) in [4.78, 5) is 30.7. The second kappa shape index (κ2) is 6.68. The fraction of sp³-hybridized carbons (Fsp3) is 0.278. The zero-order valence-corrected chi connectivity index (χ0v) is 14.3. The molecule has 0 radical (unpaired) electrons. The van der Waals surface area contributed by atoms with Gasteiger partial charge in [0.15, 0.2) is 0 Å². The van der Waals surface area contributed by atoms with Gasteiger partial charge in [0.1, 0.15) is 10.8 Å². The van der Waals surface area contributed by atoms with Gasteiger partial charge in [0, 0.05) is 13.0 Å². The fourth-order valence-electron chi connectivity index (χ4n) is 2.99. The second-order valence-electron chi connectivity index (χ2n) is 6.05. The summed E-state index contributed by atoms with van der Waals surface area (Å²) in [6.45, 7) is 1.22. The van der Waals surface area contributed by atoms with Gasteiger partial charge in [-0.25, -0.2) is 4.98 Å². The topological polar surface area (TPSA) is 75.4 Å². The van der Waals surface area contributed by atoms with Crippen LogP contribution in [0.15, 0.2) is 47.1 Å². The number of hydrogen-bond acceptors (Lipinski definition) is 5. The molecule has 0 bridgehead atoms. The number of benzene rings is 1. The van der Waals surface area contributed by atoms with Crippen LogP contribution in [0.2, 0.25) is 0 Å². The van der Waals surface area contributed by atoms with Crippen molar-refractivity contribution in [2.45, 2.75) is 19.5 Å². The van der Waals surface area contributed by atoms with Gasteiger partial charge in [-0.15, -0.1) is 11.3 Å². The number of amides is 2. The Morgan fingerprint density at radius 2 is 2.20 bits per heavy atom. The van der Waals surface area contributed by atoms with Crippen LogP contribution in [0.5, 0.6) is 0 Å². The van der Waals surface area contributed by atoms with Gasteiger partial charge in [0.25, 0.3) is 0 Å². The smallest absolute Gasteiger partial charge is 0.225 e. The number of para-hydroxylation sites is 1. The number of carbonyl (C=O) groups is 2. The van der Waals surface area contributed by atoms with E-state index in [0.717, 1.165) is 21.0 Å². The lowest BCUT2D eigenvalue weighted by Crippen LogP contribution is -2.32. The Bertz CT molecular complexity index is 870. The van der Waals surface area contributed by atoms with E-state index in [1.54, 1.807) is 28.6 Å². The van der Waals surface area contributed by atoms with E-state index in [9.17, 15) is 9.59 Å². The lowest BCUT2D eigenvalue weighted by Gasteiger charge is -2.14. The zero-order chi connectivity index (χ0) is 17.2.